The van der Waals surface area contributed by atoms with E-state index < -0.39 is 0 Å². The summed E-state index contributed by atoms with van der Waals surface area (Å²) in [6.07, 6.45) is 0.838. The summed E-state index contributed by atoms with van der Waals surface area (Å²) in [5.41, 5.74) is 7.32. The Morgan fingerprint density at radius 3 is 2.80 bits per heavy atom. The van der Waals surface area contributed by atoms with Gasteiger partial charge in [-0.1, -0.05) is 18.2 Å². The summed E-state index contributed by atoms with van der Waals surface area (Å²) in [5, 5.41) is 0. The van der Waals surface area contributed by atoms with Crippen molar-refractivity contribution in [3.8, 4) is 11.5 Å². The average Bonchev–Trinajstić information content (AvgIpc) is 3.05. The Kier molecular flexibility index (Phi) is 3.28. The lowest BCUT2D eigenvalue weighted by molar-refractivity contribution is 0.0759. The van der Waals surface area contributed by atoms with Gasteiger partial charge in [0.15, 0.2) is 0 Å². The second-order valence-corrected chi connectivity index (χ2v) is 5.10. The van der Waals surface area contributed by atoms with E-state index in [0.29, 0.717) is 30.4 Å². The van der Waals surface area contributed by atoms with Crippen molar-refractivity contribution in [1.82, 2.24) is 9.88 Å². The van der Waals surface area contributed by atoms with Gasteiger partial charge in [-0.15, -0.1) is 0 Å². The molecule has 0 bridgehead atoms. The van der Waals surface area contributed by atoms with Crippen LogP contribution in [0, 0.1) is 6.92 Å². The molecule has 2 heterocycles. The van der Waals surface area contributed by atoms with Gasteiger partial charge < -0.3 is 15.1 Å². The first-order chi connectivity index (χ1) is 9.65. The number of nitrogens with zero attached hydrogens (tertiary/aromatic N) is 2. The molecule has 1 unspecified atom stereocenters. The highest BCUT2D eigenvalue weighted by Gasteiger charge is 2.28. The molecule has 0 saturated carbocycles. The summed E-state index contributed by atoms with van der Waals surface area (Å²) < 4.78 is 5.67. The van der Waals surface area contributed by atoms with E-state index in [2.05, 4.69) is 4.98 Å². The van der Waals surface area contributed by atoms with Gasteiger partial charge in [-0.05, 0) is 25.5 Å². The second-order valence-electron chi connectivity index (χ2n) is 5.10. The lowest BCUT2D eigenvalue weighted by Crippen LogP contribution is -2.32. The number of aromatic nitrogens is 1. The molecule has 5 heteroatoms. The minimum Gasteiger partial charge on any atom is -0.431 e. The molecule has 2 N–H and O–H groups in total. The summed E-state index contributed by atoms with van der Waals surface area (Å²) in [4.78, 5) is 18.5. The quantitative estimate of drug-likeness (QED) is 0.904. The number of likely N-dealkylation sites (tertiary alicyclic amines) is 1. The van der Waals surface area contributed by atoms with Crippen molar-refractivity contribution in [1.29, 1.82) is 0 Å². The monoisotopic (exact) mass is 271 g/mol. The minimum absolute atomic E-state index is 0.0655. The maximum Gasteiger partial charge on any atom is 0.291 e. The second kappa shape index (κ2) is 5.09. The van der Waals surface area contributed by atoms with Crippen molar-refractivity contribution in [2.45, 2.75) is 19.4 Å². The Balaban J connectivity index is 1.88. The van der Waals surface area contributed by atoms with Crippen LogP contribution in [0.2, 0.25) is 0 Å². The topological polar surface area (TPSA) is 72.4 Å². The number of oxazole rings is 1. The van der Waals surface area contributed by atoms with Crippen LogP contribution in [-0.2, 0) is 0 Å². The molecule has 0 spiro atoms. The number of rotatable bonds is 2. The Labute approximate surface area is 117 Å². The number of hydrogen-bond acceptors (Lipinski definition) is 4. The van der Waals surface area contributed by atoms with Crippen molar-refractivity contribution in [3.05, 3.63) is 41.8 Å². The van der Waals surface area contributed by atoms with Crippen LogP contribution in [0.25, 0.3) is 11.5 Å². The van der Waals surface area contributed by atoms with Gasteiger partial charge in [0.2, 0.25) is 11.7 Å². The van der Waals surface area contributed by atoms with Gasteiger partial charge >= 0.3 is 0 Å². The summed E-state index contributed by atoms with van der Waals surface area (Å²) in [5.74, 6) is 0.679. The third-order valence-electron chi connectivity index (χ3n) is 3.52. The number of carbonyl (C=O) groups excluding carboxylic acids is 1. The number of benzene rings is 1. The molecule has 1 atom stereocenters. The zero-order valence-corrected chi connectivity index (χ0v) is 11.4. The SMILES string of the molecule is Cc1nc(-c2ccccc2)oc1C(=O)N1CCC(N)C1. The summed E-state index contributed by atoms with van der Waals surface area (Å²) >= 11 is 0. The summed E-state index contributed by atoms with van der Waals surface area (Å²) in [7, 11) is 0. The maximum absolute atomic E-state index is 12.4. The van der Waals surface area contributed by atoms with Crippen molar-refractivity contribution in [3.63, 3.8) is 0 Å². The molecular formula is C15H17N3O2. The Hall–Kier alpha value is -2.14. The predicted molar refractivity (Wildman–Crippen MR) is 75.2 cm³/mol. The van der Waals surface area contributed by atoms with Gasteiger partial charge in [0, 0.05) is 24.7 Å². The standard InChI is InChI=1S/C15H17N3O2/c1-10-13(15(19)18-8-7-12(16)9-18)20-14(17-10)11-5-3-2-4-6-11/h2-6,12H,7-9,16H2,1H3. The molecule has 2 aromatic rings. The number of carbonyl (C=O) groups is 1. The first-order valence-corrected chi connectivity index (χ1v) is 6.73. The molecule has 1 aliphatic heterocycles. The third-order valence-corrected chi connectivity index (χ3v) is 3.52. The number of amides is 1. The summed E-state index contributed by atoms with van der Waals surface area (Å²) in [6.45, 7) is 3.06. The van der Waals surface area contributed by atoms with Crippen molar-refractivity contribution in [2.24, 2.45) is 5.73 Å². The highest BCUT2D eigenvalue weighted by molar-refractivity contribution is 5.93. The van der Waals surface area contributed by atoms with Gasteiger partial charge in [-0.2, -0.15) is 0 Å². The van der Waals surface area contributed by atoms with E-state index in [4.69, 9.17) is 10.2 Å². The smallest absolute Gasteiger partial charge is 0.291 e. The molecular weight excluding hydrogens is 254 g/mol. The van der Waals surface area contributed by atoms with Crippen LogP contribution in [-0.4, -0.2) is 34.9 Å². The normalized spacial score (nSPS) is 18.5. The van der Waals surface area contributed by atoms with Gasteiger partial charge in [-0.3, -0.25) is 4.79 Å². The van der Waals surface area contributed by atoms with Crippen LogP contribution < -0.4 is 5.73 Å². The molecule has 1 amide bonds. The predicted octanol–water partition coefficient (Wildman–Crippen LogP) is 1.82. The van der Waals surface area contributed by atoms with Crippen LogP contribution in [0.5, 0.6) is 0 Å². The molecule has 0 radical (unpaired) electrons. The van der Waals surface area contributed by atoms with Crippen LogP contribution in [0.15, 0.2) is 34.7 Å². The highest BCUT2D eigenvalue weighted by Crippen LogP contribution is 2.23. The highest BCUT2D eigenvalue weighted by atomic mass is 16.4. The molecule has 1 aromatic carbocycles. The fourth-order valence-corrected chi connectivity index (χ4v) is 2.41. The van der Waals surface area contributed by atoms with E-state index in [1.807, 2.05) is 30.3 Å². The van der Waals surface area contributed by atoms with Gasteiger partial charge in [-0.25, -0.2) is 4.98 Å². The Morgan fingerprint density at radius 1 is 1.40 bits per heavy atom. The molecule has 20 heavy (non-hydrogen) atoms. The minimum atomic E-state index is -0.120. The van der Waals surface area contributed by atoms with E-state index >= 15 is 0 Å². The van der Waals surface area contributed by atoms with E-state index in [1.54, 1.807) is 11.8 Å². The maximum atomic E-state index is 12.4. The van der Waals surface area contributed by atoms with Crippen molar-refractivity contribution < 1.29 is 9.21 Å². The first-order valence-electron chi connectivity index (χ1n) is 6.73. The van der Waals surface area contributed by atoms with Crippen molar-refractivity contribution in [2.75, 3.05) is 13.1 Å². The van der Waals surface area contributed by atoms with E-state index in [0.717, 1.165) is 12.0 Å². The molecule has 104 valence electrons. The number of hydrogen-bond donors (Lipinski definition) is 1. The van der Waals surface area contributed by atoms with Gasteiger partial charge in [0.1, 0.15) is 0 Å². The third kappa shape index (κ3) is 2.32. The fraction of sp³-hybridized carbons (Fsp3) is 0.333. The van der Waals surface area contributed by atoms with Crippen LogP contribution in [0.1, 0.15) is 22.7 Å². The molecule has 0 aliphatic carbocycles. The average molecular weight is 271 g/mol. The summed E-state index contributed by atoms with van der Waals surface area (Å²) in [6, 6.07) is 9.63. The molecule has 1 fully saturated rings. The Morgan fingerprint density at radius 2 is 2.15 bits per heavy atom. The van der Waals surface area contributed by atoms with Crippen LogP contribution in [0.4, 0.5) is 0 Å². The molecule has 1 saturated heterocycles. The lowest BCUT2D eigenvalue weighted by atomic mass is 10.2. The molecule has 1 aliphatic rings. The zero-order chi connectivity index (χ0) is 14.1. The van der Waals surface area contributed by atoms with Crippen LogP contribution >= 0.6 is 0 Å². The van der Waals surface area contributed by atoms with E-state index in [-0.39, 0.29) is 11.9 Å². The lowest BCUT2D eigenvalue weighted by Gasteiger charge is -2.13. The largest absolute Gasteiger partial charge is 0.431 e. The first kappa shape index (κ1) is 12.9. The van der Waals surface area contributed by atoms with Gasteiger partial charge in [0.05, 0.1) is 5.69 Å². The molecule has 1 aromatic heterocycles. The fourth-order valence-electron chi connectivity index (χ4n) is 2.41. The molecule has 5 nitrogen and oxygen atoms in total. The number of nitrogens with two attached hydrogens (primary N) is 1. The number of aryl methyl sites for hydroxylation is 1. The Bertz CT molecular complexity index is 621. The van der Waals surface area contributed by atoms with Crippen LogP contribution in [0.3, 0.4) is 0 Å². The van der Waals surface area contributed by atoms with E-state index in [9.17, 15) is 4.79 Å². The van der Waals surface area contributed by atoms with Crippen molar-refractivity contribution >= 4 is 5.91 Å². The zero-order valence-electron chi connectivity index (χ0n) is 11.4. The molecule has 3 rings (SSSR count). The van der Waals surface area contributed by atoms with E-state index in [1.165, 1.54) is 0 Å². The van der Waals surface area contributed by atoms with Gasteiger partial charge in [0.25, 0.3) is 5.91 Å².